The molecule has 2 N–H and O–H groups in total. The van der Waals surface area contributed by atoms with Crippen molar-refractivity contribution in [2.75, 3.05) is 26.2 Å². The van der Waals surface area contributed by atoms with Gasteiger partial charge in [-0.1, -0.05) is 0 Å². The number of piperidine rings is 1. The molecule has 0 amide bonds. The number of hydrogen-bond donors (Lipinski definition) is 2. The van der Waals surface area contributed by atoms with Gasteiger partial charge in [0.15, 0.2) is 0 Å². The molecule has 0 saturated carbocycles. The molecule has 2 heterocycles. The van der Waals surface area contributed by atoms with E-state index < -0.39 is 5.60 Å². The number of β-amino-alcohol motifs (C(OH)–C–C–N with tert-alkyl or cyclic N) is 1. The summed E-state index contributed by atoms with van der Waals surface area (Å²) < 4.78 is 0. The van der Waals surface area contributed by atoms with Crippen molar-refractivity contribution in [1.29, 1.82) is 0 Å². The van der Waals surface area contributed by atoms with Crippen LogP contribution in [0.2, 0.25) is 0 Å². The predicted octanol–water partition coefficient (Wildman–Crippen LogP) is 1.76. The first kappa shape index (κ1) is 16.4. The molecule has 118 valence electrons. The number of aromatic nitrogens is 1. The molecule has 2 rings (SSSR count). The number of nitrogens with zero attached hydrogens (tertiary/aromatic N) is 2. The maximum absolute atomic E-state index is 9.87. The van der Waals surface area contributed by atoms with Gasteiger partial charge in [0.05, 0.1) is 5.60 Å². The van der Waals surface area contributed by atoms with Crippen LogP contribution >= 0.6 is 0 Å². The third-order valence-corrected chi connectivity index (χ3v) is 4.16. The van der Waals surface area contributed by atoms with Crippen LogP contribution in [0.15, 0.2) is 18.5 Å². The Morgan fingerprint density at radius 2 is 2.10 bits per heavy atom. The quantitative estimate of drug-likeness (QED) is 0.838. The minimum atomic E-state index is -0.584. The van der Waals surface area contributed by atoms with E-state index in [1.54, 1.807) is 0 Å². The number of aryl methyl sites for hydroxylation is 1. The largest absolute Gasteiger partial charge is 0.389 e. The topological polar surface area (TPSA) is 48.4 Å². The lowest BCUT2D eigenvalue weighted by molar-refractivity contribution is 0.0270. The predicted molar refractivity (Wildman–Crippen MR) is 86.4 cm³/mol. The molecule has 0 aromatic carbocycles. The van der Waals surface area contributed by atoms with Crippen molar-refractivity contribution in [2.45, 2.75) is 51.7 Å². The summed E-state index contributed by atoms with van der Waals surface area (Å²) in [6.45, 7) is 9.85. The molecule has 1 aromatic rings. The summed E-state index contributed by atoms with van der Waals surface area (Å²) in [5.74, 6) is 0. The fraction of sp³-hybridized carbons (Fsp3) is 0.706. The van der Waals surface area contributed by atoms with E-state index >= 15 is 0 Å². The zero-order chi connectivity index (χ0) is 15.3. The van der Waals surface area contributed by atoms with E-state index in [9.17, 15) is 5.11 Å². The van der Waals surface area contributed by atoms with Crippen molar-refractivity contribution < 1.29 is 5.11 Å². The first-order valence-corrected chi connectivity index (χ1v) is 8.02. The fourth-order valence-electron chi connectivity index (χ4n) is 3.04. The van der Waals surface area contributed by atoms with Crippen LogP contribution in [0.25, 0.3) is 0 Å². The standard InChI is InChI=1S/C17H29N3O/c1-14-12-18-8-4-15(14)5-9-19-16-6-10-20(11-7-16)13-17(2,3)21/h4,8,12,16,19,21H,5-7,9-11,13H2,1-3H3. The second kappa shape index (κ2) is 7.34. The molecule has 0 aliphatic carbocycles. The van der Waals surface area contributed by atoms with Crippen molar-refractivity contribution >= 4 is 0 Å². The monoisotopic (exact) mass is 291 g/mol. The number of likely N-dealkylation sites (tertiary alicyclic amines) is 1. The Morgan fingerprint density at radius 1 is 1.38 bits per heavy atom. The van der Waals surface area contributed by atoms with Gasteiger partial charge in [-0.3, -0.25) is 4.98 Å². The summed E-state index contributed by atoms with van der Waals surface area (Å²) in [6.07, 6.45) is 7.22. The molecule has 1 aromatic heterocycles. The second-order valence-electron chi connectivity index (χ2n) is 6.87. The molecule has 1 aliphatic heterocycles. The van der Waals surface area contributed by atoms with Crippen molar-refractivity contribution in [3.05, 3.63) is 29.6 Å². The maximum atomic E-state index is 9.87. The summed E-state index contributed by atoms with van der Waals surface area (Å²) in [5.41, 5.74) is 2.08. The Bertz CT molecular complexity index is 434. The lowest BCUT2D eigenvalue weighted by Crippen LogP contribution is -2.47. The molecule has 0 unspecified atom stereocenters. The lowest BCUT2D eigenvalue weighted by atomic mass is 10.0. The van der Waals surface area contributed by atoms with Crippen LogP contribution in [0.4, 0.5) is 0 Å². The number of nitrogens with one attached hydrogen (secondary N) is 1. The van der Waals surface area contributed by atoms with Gasteiger partial charge in [-0.05, 0) is 76.9 Å². The maximum Gasteiger partial charge on any atom is 0.0718 e. The average molecular weight is 291 g/mol. The van der Waals surface area contributed by atoms with Crippen LogP contribution in [0.3, 0.4) is 0 Å². The average Bonchev–Trinajstić information content (AvgIpc) is 2.41. The Balaban J connectivity index is 1.66. The molecule has 0 spiro atoms. The highest BCUT2D eigenvalue weighted by Gasteiger charge is 2.23. The van der Waals surface area contributed by atoms with E-state index in [0.717, 1.165) is 32.6 Å². The molecule has 1 aliphatic rings. The van der Waals surface area contributed by atoms with E-state index in [1.165, 1.54) is 24.0 Å². The molecular weight excluding hydrogens is 262 g/mol. The number of aliphatic hydroxyl groups is 1. The van der Waals surface area contributed by atoms with E-state index in [0.29, 0.717) is 6.04 Å². The Hall–Kier alpha value is -0.970. The zero-order valence-electron chi connectivity index (χ0n) is 13.6. The van der Waals surface area contributed by atoms with E-state index in [1.807, 2.05) is 26.2 Å². The van der Waals surface area contributed by atoms with Crippen molar-refractivity contribution in [1.82, 2.24) is 15.2 Å². The van der Waals surface area contributed by atoms with Gasteiger partial charge >= 0.3 is 0 Å². The molecule has 21 heavy (non-hydrogen) atoms. The summed E-state index contributed by atoms with van der Waals surface area (Å²) in [6, 6.07) is 2.73. The molecule has 1 fully saturated rings. The van der Waals surface area contributed by atoms with Crippen molar-refractivity contribution in [3.63, 3.8) is 0 Å². The van der Waals surface area contributed by atoms with Crippen LogP contribution in [0, 0.1) is 6.92 Å². The Kier molecular flexibility index (Phi) is 5.73. The van der Waals surface area contributed by atoms with Crippen molar-refractivity contribution in [2.24, 2.45) is 0 Å². The molecule has 0 atom stereocenters. The number of hydrogen-bond acceptors (Lipinski definition) is 4. The molecular formula is C17H29N3O. The van der Waals surface area contributed by atoms with Crippen LogP contribution in [-0.4, -0.2) is 52.8 Å². The van der Waals surface area contributed by atoms with Crippen LogP contribution in [0.5, 0.6) is 0 Å². The SMILES string of the molecule is Cc1cnccc1CCNC1CCN(CC(C)(C)O)CC1. The molecule has 1 saturated heterocycles. The number of pyridine rings is 1. The summed E-state index contributed by atoms with van der Waals surface area (Å²) in [7, 11) is 0. The van der Waals surface area contributed by atoms with Crippen LogP contribution in [0.1, 0.15) is 37.8 Å². The molecule has 0 radical (unpaired) electrons. The van der Waals surface area contributed by atoms with Gasteiger partial charge < -0.3 is 15.3 Å². The van der Waals surface area contributed by atoms with Gasteiger partial charge in [0.1, 0.15) is 0 Å². The van der Waals surface area contributed by atoms with Crippen molar-refractivity contribution in [3.8, 4) is 0 Å². The third-order valence-electron chi connectivity index (χ3n) is 4.16. The number of rotatable bonds is 6. The van der Waals surface area contributed by atoms with Gasteiger partial charge in [-0.25, -0.2) is 0 Å². The van der Waals surface area contributed by atoms with E-state index in [4.69, 9.17) is 0 Å². The van der Waals surface area contributed by atoms with Gasteiger partial charge in [0, 0.05) is 25.0 Å². The zero-order valence-corrected chi connectivity index (χ0v) is 13.6. The smallest absolute Gasteiger partial charge is 0.0718 e. The summed E-state index contributed by atoms with van der Waals surface area (Å²) in [4.78, 5) is 6.50. The van der Waals surface area contributed by atoms with Gasteiger partial charge in [-0.2, -0.15) is 0 Å². The normalized spacial score (nSPS) is 18.1. The molecule has 4 heteroatoms. The van der Waals surface area contributed by atoms with Crippen LogP contribution < -0.4 is 5.32 Å². The summed E-state index contributed by atoms with van der Waals surface area (Å²) >= 11 is 0. The van der Waals surface area contributed by atoms with Gasteiger partial charge in [0.25, 0.3) is 0 Å². The lowest BCUT2D eigenvalue weighted by Gasteiger charge is -2.35. The highest BCUT2D eigenvalue weighted by atomic mass is 16.3. The van der Waals surface area contributed by atoms with E-state index in [-0.39, 0.29) is 0 Å². The van der Waals surface area contributed by atoms with Gasteiger partial charge in [-0.15, -0.1) is 0 Å². The first-order chi connectivity index (χ1) is 9.94. The Labute approximate surface area is 128 Å². The molecule has 4 nitrogen and oxygen atoms in total. The van der Waals surface area contributed by atoms with Gasteiger partial charge in [0.2, 0.25) is 0 Å². The highest BCUT2D eigenvalue weighted by molar-refractivity contribution is 5.21. The van der Waals surface area contributed by atoms with Crippen LogP contribution in [-0.2, 0) is 6.42 Å². The molecule has 0 bridgehead atoms. The first-order valence-electron chi connectivity index (χ1n) is 8.02. The van der Waals surface area contributed by atoms with E-state index in [2.05, 4.69) is 28.2 Å². The summed E-state index contributed by atoms with van der Waals surface area (Å²) in [5, 5.41) is 13.5. The fourth-order valence-corrected chi connectivity index (χ4v) is 3.04. The third kappa shape index (κ3) is 5.73. The Morgan fingerprint density at radius 3 is 2.71 bits per heavy atom. The second-order valence-corrected chi connectivity index (χ2v) is 6.87. The minimum absolute atomic E-state index is 0.584. The minimum Gasteiger partial charge on any atom is -0.389 e. The highest BCUT2D eigenvalue weighted by Crippen LogP contribution is 2.14.